The van der Waals surface area contributed by atoms with Gasteiger partial charge in [0.2, 0.25) is 5.95 Å². The molecule has 1 aromatic carbocycles. The van der Waals surface area contributed by atoms with Crippen LogP contribution >= 0.6 is 0 Å². The quantitative estimate of drug-likeness (QED) is 0.627. The first kappa shape index (κ1) is 13.3. The fourth-order valence-corrected chi connectivity index (χ4v) is 2.00. The first-order chi connectivity index (χ1) is 10.2. The second-order valence-corrected chi connectivity index (χ2v) is 4.47. The molecule has 21 heavy (non-hydrogen) atoms. The number of nitrogens with one attached hydrogen (secondary N) is 1. The summed E-state index contributed by atoms with van der Waals surface area (Å²) in [5.74, 6) is 1.01. The molecule has 0 aliphatic heterocycles. The lowest BCUT2D eigenvalue weighted by molar-refractivity contribution is 0.186. The third-order valence-corrected chi connectivity index (χ3v) is 3.05. The van der Waals surface area contributed by atoms with Crippen molar-refractivity contribution in [3.63, 3.8) is 0 Å². The Bertz CT molecular complexity index is 736. The normalized spacial score (nSPS) is 12.3. The van der Waals surface area contributed by atoms with Crippen molar-refractivity contribution < 1.29 is 9.84 Å². The lowest BCUT2D eigenvalue weighted by atomic mass is 10.1. The van der Waals surface area contributed by atoms with E-state index in [2.05, 4.69) is 15.4 Å². The minimum atomic E-state index is -1.04. The van der Waals surface area contributed by atoms with Crippen molar-refractivity contribution in [2.75, 3.05) is 12.4 Å². The third kappa shape index (κ3) is 2.64. The molecule has 0 fully saturated rings. The lowest BCUT2D eigenvalue weighted by Gasteiger charge is -2.12. The highest BCUT2D eigenvalue weighted by Crippen LogP contribution is 2.29. The molecule has 4 N–H and O–H groups in total. The van der Waals surface area contributed by atoms with Crippen LogP contribution in [0.15, 0.2) is 42.6 Å². The Hall–Kier alpha value is -2.64. The Morgan fingerprint density at radius 2 is 2.19 bits per heavy atom. The molecular weight excluding hydrogens is 270 g/mol. The SMILES string of the molecule is COc1cc(C(N)O)ccc1Nc1nc2ccccn2n1. The van der Waals surface area contributed by atoms with Crippen LogP contribution in [-0.2, 0) is 0 Å². The molecule has 0 saturated carbocycles. The summed E-state index contributed by atoms with van der Waals surface area (Å²) in [6.07, 6.45) is 0.778. The summed E-state index contributed by atoms with van der Waals surface area (Å²) in [5.41, 5.74) is 7.45. The Balaban J connectivity index is 1.93. The van der Waals surface area contributed by atoms with Crippen molar-refractivity contribution in [3.05, 3.63) is 48.2 Å². The average molecular weight is 285 g/mol. The summed E-state index contributed by atoms with van der Waals surface area (Å²) in [7, 11) is 1.55. The van der Waals surface area contributed by atoms with E-state index in [4.69, 9.17) is 10.5 Å². The monoisotopic (exact) mass is 285 g/mol. The van der Waals surface area contributed by atoms with Crippen LogP contribution in [0, 0.1) is 0 Å². The maximum Gasteiger partial charge on any atom is 0.247 e. The van der Waals surface area contributed by atoms with E-state index in [-0.39, 0.29) is 0 Å². The number of hydrogen-bond donors (Lipinski definition) is 3. The predicted molar refractivity (Wildman–Crippen MR) is 78.4 cm³/mol. The van der Waals surface area contributed by atoms with Gasteiger partial charge in [0.05, 0.1) is 12.8 Å². The molecule has 7 nitrogen and oxygen atoms in total. The molecular formula is C14H15N5O2. The van der Waals surface area contributed by atoms with Crippen LogP contribution in [0.25, 0.3) is 5.65 Å². The van der Waals surface area contributed by atoms with E-state index in [1.807, 2.05) is 24.4 Å². The van der Waals surface area contributed by atoms with Crippen LogP contribution in [0.2, 0.25) is 0 Å². The summed E-state index contributed by atoms with van der Waals surface area (Å²) in [4.78, 5) is 4.35. The molecule has 0 bridgehead atoms. The highest BCUT2D eigenvalue weighted by molar-refractivity contribution is 5.64. The number of ether oxygens (including phenoxy) is 1. The molecule has 0 amide bonds. The number of rotatable bonds is 4. The highest BCUT2D eigenvalue weighted by Gasteiger charge is 2.10. The average Bonchev–Trinajstić information content (AvgIpc) is 2.89. The third-order valence-electron chi connectivity index (χ3n) is 3.05. The van der Waals surface area contributed by atoms with E-state index >= 15 is 0 Å². The first-order valence-electron chi connectivity index (χ1n) is 6.37. The van der Waals surface area contributed by atoms with Gasteiger partial charge in [-0.15, -0.1) is 5.10 Å². The predicted octanol–water partition coefficient (Wildman–Crippen LogP) is 1.43. The van der Waals surface area contributed by atoms with Crippen LogP contribution in [0.4, 0.5) is 11.6 Å². The van der Waals surface area contributed by atoms with Crippen LogP contribution in [0.3, 0.4) is 0 Å². The van der Waals surface area contributed by atoms with Crippen LogP contribution in [-0.4, -0.2) is 26.8 Å². The van der Waals surface area contributed by atoms with E-state index in [1.165, 1.54) is 0 Å². The molecule has 0 saturated heterocycles. The molecule has 0 aliphatic rings. The second-order valence-electron chi connectivity index (χ2n) is 4.47. The molecule has 2 heterocycles. The smallest absolute Gasteiger partial charge is 0.247 e. The molecule has 0 spiro atoms. The Labute approximate surface area is 121 Å². The number of fused-ring (bicyclic) bond motifs is 1. The van der Waals surface area contributed by atoms with Gasteiger partial charge in [0.25, 0.3) is 0 Å². The van der Waals surface area contributed by atoms with E-state index in [1.54, 1.807) is 29.8 Å². The van der Waals surface area contributed by atoms with E-state index in [0.717, 1.165) is 5.65 Å². The number of anilines is 2. The van der Waals surface area contributed by atoms with Gasteiger partial charge in [-0.3, -0.25) is 0 Å². The van der Waals surface area contributed by atoms with Crippen LogP contribution in [0.5, 0.6) is 5.75 Å². The number of benzene rings is 1. The zero-order valence-electron chi connectivity index (χ0n) is 11.4. The number of aromatic nitrogens is 3. The molecule has 3 aromatic rings. The molecule has 0 radical (unpaired) electrons. The Morgan fingerprint density at radius 1 is 1.33 bits per heavy atom. The van der Waals surface area contributed by atoms with Gasteiger partial charge in [0.15, 0.2) is 5.65 Å². The van der Waals surface area contributed by atoms with Gasteiger partial charge < -0.3 is 20.9 Å². The summed E-state index contributed by atoms with van der Waals surface area (Å²) < 4.78 is 6.96. The molecule has 2 aromatic heterocycles. The Morgan fingerprint density at radius 3 is 2.90 bits per heavy atom. The topological polar surface area (TPSA) is 97.7 Å². The summed E-state index contributed by atoms with van der Waals surface area (Å²) in [6.45, 7) is 0. The molecule has 108 valence electrons. The zero-order valence-corrected chi connectivity index (χ0v) is 11.4. The van der Waals surface area contributed by atoms with Crippen LogP contribution < -0.4 is 15.8 Å². The van der Waals surface area contributed by atoms with Crippen molar-refractivity contribution in [2.24, 2.45) is 5.73 Å². The lowest BCUT2D eigenvalue weighted by Crippen LogP contribution is -2.09. The molecule has 0 aliphatic carbocycles. The van der Waals surface area contributed by atoms with E-state index in [0.29, 0.717) is 22.9 Å². The van der Waals surface area contributed by atoms with Crippen LogP contribution in [0.1, 0.15) is 11.8 Å². The fraction of sp³-hybridized carbons (Fsp3) is 0.143. The van der Waals surface area contributed by atoms with Crippen molar-refractivity contribution >= 4 is 17.3 Å². The first-order valence-corrected chi connectivity index (χ1v) is 6.37. The van der Waals surface area contributed by atoms with Gasteiger partial charge in [-0.05, 0) is 29.8 Å². The maximum atomic E-state index is 9.39. The zero-order chi connectivity index (χ0) is 14.8. The molecule has 7 heteroatoms. The van der Waals surface area contributed by atoms with Gasteiger partial charge in [0, 0.05) is 6.20 Å². The number of nitrogens with zero attached hydrogens (tertiary/aromatic N) is 3. The molecule has 3 rings (SSSR count). The van der Waals surface area contributed by atoms with E-state index < -0.39 is 6.23 Å². The Kier molecular flexibility index (Phi) is 3.43. The molecule has 1 unspecified atom stereocenters. The van der Waals surface area contributed by atoms with Crippen molar-refractivity contribution in [1.29, 1.82) is 0 Å². The minimum Gasteiger partial charge on any atom is -0.495 e. The minimum absolute atomic E-state index is 0.459. The fourth-order valence-electron chi connectivity index (χ4n) is 2.00. The van der Waals surface area contributed by atoms with E-state index in [9.17, 15) is 5.11 Å². The van der Waals surface area contributed by atoms with Gasteiger partial charge in [-0.2, -0.15) is 4.98 Å². The largest absolute Gasteiger partial charge is 0.495 e. The maximum absolute atomic E-state index is 9.39. The van der Waals surface area contributed by atoms with Gasteiger partial charge in [-0.1, -0.05) is 12.1 Å². The molecule has 1 atom stereocenters. The summed E-state index contributed by atoms with van der Waals surface area (Å²) >= 11 is 0. The number of aliphatic hydroxyl groups excluding tert-OH is 1. The summed E-state index contributed by atoms with van der Waals surface area (Å²) in [6, 6.07) is 10.8. The number of aliphatic hydroxyl groups is 1. The van der Waals surface area contributed by atoms with Gasteiger partial charge >= 0.3 is 0 Å². The standard InChI is InChI=1S/C14H15N5O2/c1-21-11-8-9(13(15)20)5-6-10(11)16-14-17-12-4-2-3-7-19(12)18-14/h2-8,13,20H,15H2,1H3,(H,16,18). The van der Waals surface area contributed by atoms with Crippen molar-refractivity contribution in [3.8, 4) is 5.75 Å². The number of methoxy groups -OCH3 is 1. The highest BCUT2D eigenvalue weighted by atomic mass is 16.5. The van der Waals surface area contributed by atoms with Crippen molar-refractivity contribution in [1.82, 2.24) is 14.6 Å². The number of pyridine rings is 1. The number of nitrogens with two attached hydrogens (primary N) is 1. The van der Waals surface area contributed by atoms with Gasteiger partial charge in [0.1, 0.15) is 12.0 Å². The van der Waals surface area contributed by atoms with Crippen molar-refractivity contribution in [2.45, 2.75) is 6.23 Å². The summed E-state index contributed by atoms with van der Waals surface area (Å²) in [5, 5.41) is 16.8. The van der Waals surface area contributed by atoms with Gasteiger partial charge in [-0.25, -0.2) is 4.52 Å². The number of hydrogen-bond acceptors (Lipinski definition) is 6. The second kappa shape index (κ2) is 5.39.